The molecule has 2 aromatic carbocycles. The van der Waals surface area contributed by atoms with Crippen molar-refractivity contribution in [3.05, 3.63) is 66.0 Å². The monoisotopic (exact) mass is 521 g/mol. The fraction of sp³-hybridized carbons (Fsp3) is 0.280. The van der Waals surface area contributed by atoms with Gasteiger partial charge in [-0.15, -0.1) is 11.3 Å². The van der Waals surface area contributed by atoms with Crippen LogP contribution in [0.1, 0.15) is 18.4 Å². The van der Waals surface area contributed by atoms with E-state index in [9.17, 15) is 22.7 Å². The third kappa shape index (κ3) is 6.48. The molecule has 1 atom stereocenters. The van der Waals surface area contributed by atoms with Crippen LogP contribution in [0.2, 0.25) is 0 Å². The van der Waals surface area contributed by atoms with Gasteiger partial charge in [0, 0.05) is 18.0 Å². The van der Waals surface area contributed by atoms with Crippen molar-refractivity contribution in [1.82, 2.24) is 14.9 Å². The van der Waals surface area contributed by atoms with Gasteiger partial charge in [-0.2, -0.15) is 13.2 Å². The Morgan fingerprint density at radius 2 is 1.81 bits per heavy atom. The molecule has 4 aromatic rings. The molecule has 3 heterocycles. The molecule has 0 aliphatic carbocycles. The van der Waals surface area contributed by atoms with Gasteiger partial charge in [-0.3, -0.25) is 4.90 Å². The number of imidazole rings is 1. The van der Waals surface area contributed by atoms with E-state index in [-0.39, 0.29) is 11.9 Å². The van der Waals surface area contributed by atoms with E-state index in [0.717, 1.165) is 48.7 Å². The normalized spacial score (nSPS) is 16.5. The summed E-state index contributed by atoms with van der Waals surface area (Å²) in [4.78, 5) is 21.2. The molecule has 0 spiro atoms. The average Bonchev–Trinajstić information content (AvgIpc) is 3.46. The molecule has 190 valence electrons. The molecule has 1 saturated heterocycles. The predicted molar refractivity (Wildman–Crippen MR) is 129 cm³/mol. The first kappa shape index (κ1) is 25.8. The van der Waals surface area contributed by atoms with Gasteiger partial charge in [0.25, 0.3) is 0 Å². The van der Waals surface area contributed by atoms with Gasteiger partial charge in [0.05, 0.1) is 22.0 Å². The Morgan fingerprint density at radius 1 is 1.11 bits per heavy atom. The van der Waals surface area contributed by atoms with Crippen LogP contribution in [0.5, 0.6) is 0 Å². The number of piperidine rings is 1. The Kier molecular flexibility index (Phi) is 7.72. The van der Waals surface area contributed by atoms with Crippen LogP contribution >= 0.6 is 11.3 Å². The summed E-state index contributed by atoms with van der Waals surface area (Å²) in [6.07, 6.45) is -3.30. The summed E-state index contributed by atoms with van der Waals surface area (Å²) in [5.74, 6) is -2.26. The number of carbonyl (C=O) groups is 1. The minimum absolute atomic E-state index is 0.192. The molecule has 1 aliphatic heterocycles. The lowest BCUT2D eigenvalue weighted by Crippen LogP contribution is -2.37. The van der Waals surface area contributed by atoms with E-state index in [4.69, 9.17) is 9.90 Å². The lowest BCUT2D eigenvalue weighted by atomic mass is 10.1. The SMILES string of the molecule is O=C(O)C(F)(F)F.OC1CCCN(Cc2ccc(-c3ccc(-c4nc5ccc(F)cc5[nH]4)s3)cc2)C1. The molecule has 2 aromatic heterocycles. The van der Waals surface area contributed by atoms with E-state index in [2.05, 4.69) is 51.3 Å². The Labute approximate surface area is 207 Å². The number of fused-ring (bicyclic) bond motifs is 1. The summed E-state index contributed by atoms with van der Waals surface area (Å²) < 4.78 is 45.1. The number of carboxylic acid groups (broad SMARTS) is 1. The maximum Gasteiger partial charge on any atom is 0.490 e. The number of nitrogens with zero attached hydrogens (tertiary/aromatic N) is 2. The molecular weight excluding hydrogens is 498 g/mol. The first-order chi connectivity index (χ1) is 17.1. The predicted octanol–water partition coefficient (Wildman–Crippen LogP) is 5.69. The van der Waals surface area contributed by atoms with Crippen molar-refractivity contribution in [3.63, 3.8) is 0 Å². The molecule has 11 heteroatoms. The van der Waals surface area contributed by atoms with Crippen molar-refractivity contribution in [1.29, 1.82) is 0 Å². The highest BCUT2D eigenvalue weighted by Gasteiger charge is 2.38. The second-order valence-corrected chi connectivity index (χ2v) is 9.53. The number of aromatic nitrogens is 2. The van der Waals surface area contributed by atoms with Crippen molar-refractivity contribution >= 4 is 28.3 Å². The fourth-order valence-electron chi connectivity index (χ4n) is 3.93. The van der Waals surface area contributed by atoms with Crippen molar-refractivity contribution in [2.45, 2.75) is 31.7 Å². The Balaban J connectivity index is 0.000000384. The molecular formula is C25H23F4N3O3S. The lowest BCUT2D eigenvalue weighted by molar-refractivity contribution is -0.192. The first-order valence-corrected chi connectivity index (χ1v) is 12.0. The van der Waals surface area contributed by atoms with Crippen LogP contribution in [0.3, 0.4) is 0 Å². The van der Waals surface area contributed by atoms with Crippen molar-refractivity contribution in [3.8, 4) is 21.1 Å². The van der Waals surface area contributed by atoms with E-state index in [0.29, 0.717) is 5.52 Å². The van der Waals surface area contributed by atoms with Crippen LogP contribution in [0, 0.1) is 5.82 Å². The molecule has 1 unspecified atom stereocenters. The standard InChI is InChI=1S/C23H22FN3OS.C2HF3O2/c24-17-7-8-19-20(12-17)26-23(25-19)22-10-9-21(29-22)16-5-3-15(4-6-16)13-27-11-1-2-18(28)14-27;3-2(4,5)1(6)7/h3-10,12,18,28H,1-2,11,13-14H2,(H,25,26);(H,6,7). The number of benzene rings is 2. The highest BCUT2D eigenvalue weighted by Crippen LogP contribution is 2.34. The van der Waals surface area contributed by atoms with Gasteiger partial charge in [0.15, 0.2) is 0 Å². The molecule has 1 fully saturated rings. The summed E-state index contributed by atoms with van der Waals surface area (Å²) in [5, 5.41) is 17.0. The van der Waals surface area contributed by atoms with Gasteiger partial charge in [-0.25, -0.2) is 14.2 Å². The largest absolute Gasteiger partial charge is 0.490 e. The molecule has 3 N–H and O–H groups in total. The van der Waals surface area contributed by atoms with E-state index in [1.165, 1.54) is 28.1 Å². The number of hydrogen-bond acceptors (Lipinski definition) is 5. The maximum atomic E-state index is 13.4. The van der Waals surface area contributed by atoms with E-state index in [1.54, 1.807) is 17.4 Å². The molecule has 5 rings (SSSR count). The van der Waals surface area contributed by atoms with Gasteiger partial charge in [0.2, 0.25) is 0 Å². The Hall–Kier alpha value is -3.28. The van der Waals surface area contributed by atoms with Crippen LogP contribution in [-0.4, -0.2) is 56.4 Å². The molecule has 0 bridgehead atoms. The number of aliphatic hydroxyl groups is 1. The number of thiophene rings is 1. The number of rotatable bonds is 4. The minimum Gasteiger partial charge on any atom is -0.475 e. The zero-order valence-corrected chi connectivity index (χ0v) is 19.7. The lowest BCUT2D eigenvalue weighted by Gasteiger charge is -2.29. The molecule has 6 nitrogen and oxygen atoms in total. The summed E-state index contributed by atoms with van der Waals surface area (Å²) in [6.45, 7) is 2.69. The van der Waals surface area contributed by atoms with E-state index < -0.39 is 12.1 Å². The van der Waals surface area contributed by atoms with Crippen LogP contribution in [0.25, 0.3) is 32.2 Å². The van der Waals surface area contributed by atoms with Crippen molar-refractivity contribution in [2.75, 3.05) is 13.1 Å². The molecule has 0 amide bonds. The summed E-state index contributed by atoms with van der Waals surface area (Å²) >= 11 is 1.67. The van der Waals surface area contributed by atoms with Crippen LogP contribution in [0.15, 0.2) is 54.6 Å². The average molecular weight is 522 g/mol. The third-order valence-corrected chi connectivity index (χ3v) is 6.79. The number of aliphatic hydroxyl groups excluding tert-OH is 1. The zero-order valence-electron chi connectivity index (χ0n) is 18.9. The number of β-amino-alcohol motifs (C(OH)–C–C–N with tert-alkyl or cyclic N) is 1. The van der Waals surface area contributed by atoms with Crippen LogP contribution < -0.4 is 0 Å². The smallest absolute Gasteiger partial charge is 0.475 e. The van der Waals surface area contributed by atoms with Gasteiger partial charge in [0.1, 0.15) is 11.6 Å². The van der Waals surface area contributed by atoms with E-state index in [1.807, 2.05) is 0 Å². The summed E-state index contributed by atoms with van der Waals surface area (Å²) in [7, 11) is 0. The third-order valence-electron chi connectivity index (χ3n) is 5.65. The second-order valence-electron chi connectivity index (χ2n) is 8.44. The molecule has 0 saturated carbocycles. The van der Waals surface area contributed by atoms with Gasteiger partial charge >= 0.3 is 12.1 Å². The number of likely N-dealkylation sites (tertiary alicyclic amines) is 1. The quantitative estimate of drug-likeness (QED) is 0.301. The maximum absolute atomic E-state index is 13.4. The molecule has 1 aliphatic rings. The Bertz CT molecular complexity index is 1330. The molecule has 36 heavy (non-hydrogen) atoms. The Morgan fingerprint density at radius 3 is 2.47 bits per heavy atom. The van der Waals surface area contributed by atoms with Crippen molar-refractivity contribution in [2.24, 2.45) is 0 Å². The zero-order chi connectivity index (χ0) is 25.9. The number of hydrogen-bond donors (Lipinski definition) is 3. The van der Waals surface area contributed by atoms with E-state index >= 15 is 0 Å². The number of H-pyrrole nitrogens is 1. The van der Waals surface area contributed by atoms with Gasteiger partial charge in [-0.05, 0) is 60.8 Å². The minimum atomic E-state index is -5.08. The fourth-order valence-corrected chi connectivity index (χ4v) is 4.88. The summed E-state index contributed by atoms with van der Waals surface area (Å²) in [5.41, 5.74) is 3.91. The van der Waals surface area contributed by atoms with Crippen molar-refractivity contribution < 1.29 is 32.6 Å². The number of alkyl halides is 3. The number of aliphatic carboxylic acids is 1. The first-order valence-electron chi connectivity index (χ1n) is 11.1. The summed E-state index contributed by atoms with van der Waals surface area (Å²) in [6, 6.07) is 17.4. The number of halogens is 4. The van der Waals surface area contributed by atoms with Crippen LogP contribution in [-0.2, 0) is 11.3 Å². The van der Waals surface area contributed by atoms with Gasteiger partial charge < -0.3 is 15.2 Å². The highest BCUT2D eigenvalue weighted by atomic mass is 32.1. The van der Waals surface area contributed by atoms with Crippen LogP contribution in [0.4, 0.5) is 17.6 Å². The highest BCUT2D eigenvalue weighted by molar-refractivity contribution is 7.18. The topological polar surface area (TPSA) is 89.4 Å². The molecule has 0 radical (unpaired) electrons. The van der Waals surface area contributed by atoms with Gasteiger partial charge in [-0.1, -0.05) is 24.3 Å². The number of carboxylic acids is 1. The second kappa shape index (κ2) is 10.8. The number of nitrogens with one attached hydrogen (secondary N) is 1. The number of aromatic amines is 1.